The van der Waals surface area contributed by atoms with Crippen LogP contribution in [0, 0.1) is 5.92 Å². The fourth-order valence-corrected chi connectivity index (χ4v) is 0.762. The third-order valence-electron chi connectivity index (χ3n) is 1.60. The lowest BCUT2D eigenvalue weighted by atomic mass is 10.2. The molecule has 0 rings (SSSR count). The standard InChI is InChI=1S/C8H17N3O2/c1-3-11-7(12)5-10-4-6(2)8(9)13/h6,10H,3-5H2,1-2H3,(H2,9,13)(H,11,12). The normalized spacial score (nSPS) is 12.2. The van der Waals surface area contributed by atoms with E-state index >= 15 is 0 Å². The van der Waals surface area contributed by atoms with Gasteiger partial charge in [-0.25, -0.2) is 0 Å². The van der Waals surface area contributed by atoms with Gasteiger partial charge < -0.3 is 16.4 Å². The average Bonchev–Trinajstić information content (AvgIpc) is 2.04. The molecule has 1 atom stereocenters. The smallest absolute Gasteiger partial charge is 0.233 e. The molecule has 0 saturated heterocycles. The summed E-state index contributed by atoms with van der Waals surface area (Å²) < 4.78 is 0. The third kappa shape index (κ3) is 6.10. The van der Waals surface area contributed by atoms with Gasteiger partial charge in [-0.15, -0.1) is 0 Å². The Kier molecular flexibility index (Phi) is 5.88. The predicted molar refractivity (Wildman–Crippen MR) is 49.9 cm³/mol. The first-order chi connectivity index (χ1) is 6.07. The van der Waals surface area contributed by atoms with Crippen LogP contribution in [0.3, 0.4) is 0 Å². The molecular formula is C8H17N3O2. The Bertz CT molecular complexity index is 182. The number of rotatable bonds is 6. The minimum Gasteiger partial charge on any atom is -0.369 e. The van der Waals surface area contributed by atoms with E-state index in [9.17, 15) is 9.59 Å². The number of likely N-dealkylation sites (N-methyl/N-ethyl adjacent to an activating group) is 1. The van der Waals surface area contributed by atoms with Crippen LogP contribution >= 0.6 is 0 Å². The maximum atomic E-state index is 10.9. The molecule has 0 saturated carbocycles. The predicted octanol–water partition coefficient (Wildman–Crippen LogP) is -1.17. The van der Waals surface area contributed by atoms with Crippen LogP contribution in [0.4, 0.5) is 0 Å². The van der Waals surface area contributed by atoms with E-state index < -0.39 is 0 Å². The zero-order valence-electron chi connectivity index (χ0n) is 8.09. The van der Waals surface area contributed by atoms with Crippen molar-refractivity contribution < 1.29 is 9.59 Å². The first-order valence-electron chi connectivity index (χ1n) is 4.34. The second-order valence-electron chi connectivity index (χ2n) is 2.89. The summed E-state index contributed by atoms with van der Waals surface area (Å²) in [6, 6.07) is 0. The van der Waals surface area contributed by atoms with E-state index in [4.69, 9.17) is 5.73 Å². The molecule has 13 heavy (non-hydrogen) atoms. The molecule has 0 aliphatic heterocycles. The molecule has 0 aliphatic rings. The highest BCUT2D eigenvalue weighted by molar-refractivity contribution is 5.78. The van der Waals surface area contributed by atoms with Crippen molar-refractivity contribution in [3.63, 3.8) is 0 Å². The molecule has 0 spiro atoms. The van der Waals surface area contributed by atoms with E-state index in [1.54, 1.807) is 6.92 Å². The van der Waals surface area contributed by atoms with Gasteiger partial charge >= 0.3 is 0 Å². The molecule has 0 aliphatic carbocycles. The molecule has 0 aromatic rings. The second-order valence-corrected chi connectivity index (χ2v) is 2.89. The van der Waals surface area contributed by atoms with Crippen molar-refractivity contribution in [2.45, 2.75) is 13.8 Å². The summed E-state index contributed by atoms with van der Waals surface area (Å²) in [6.45, 7) is 4.85. The van der Waals surface area contributed by atoms with Crippen LogP contribution in [0.15, 0.2) is 0 Å². The molecule has 0 aromatic heterocycles. The highest BCUT2D eigenvalue weighted by Crippen LogP contribution is 1.88. The molecule has 1 unspecified atom stereocenters. The quantitative estimate of drug-likeness (QED) is 0.490. The Hall–Kier alpha value is -1.10. The highest BCUT2D eigenvalue weighted by atomic mass is 16.2. The van der Waals surface area contributed by atoms with Crippen LogP contribution in [0.5, 0.6) is 0 Å². The first-order valence-corrected chi connectivity index (χ1v) is 4.34. The van der Waals surface area contributed by atoms with Gasteiger partial charge in [-0.2, -0.15) is 0 Å². The lowest BCUT2D eigenvalue weighted by molar-refractivity contribution is -0.122. The Morgan fingerprint density at radius 2 is 2.08 bits per heavy atom. The Balaban J connectivity index is 3.44. The van der Waals surface area contributed by atoms with Gasteiger partial charge in [0.15, 0.2) is 0 Å². The topological polar surface area (TPSA) is 84.2 Å². The summed E-state index contributed by atoms with van der Waals surface area (Å²) in [5.74, 6) is -0.669. The third-order valence-corrected chi connectivity index (χ3v) is 1.60. The number of hydrogen-bond donors (Lipinski definition) is 3. The van der Waals surface area contributed by atoms with Crippen LogP contribution in [-0.4, -0.2) is 31.4 Å². The van der Waals surface area contributed by atoms with Crippen molar-refractivity contribution in [1.29, 1.82) is 0 Å². The lowest BCUT2D eigenvalue weighted by Gasteiger charge is -2.08. The van der Waals surface area contributed by atoms with E-state index in [1.807, 2.05) is 6.92 Å². The molecular weight excluding hydrogens is 170 g/mol. The van der Waals surface area contributed by atoms with Crippen LogP contribution in [-0.2, 0) is 9.59 Å². The van der Waals surface area contributed by atoms with Gasteiger partial charge in [0.25, 0.3) is 0 Å². The largest absolute Gasteiger partial charge is 0.369 e. The van der Waals surface area contributed by atoms with E-state index in [-0.39, 0.29) is 24.3 Å². The van der Waals surface area contributed by atoms with Gasteiger partial charge in [-0.05, 0) is 6.92 Å². The molecule has 2 amide bonds. The summed E-state index contributed by atoms with van der Waals surface area (Å²) >= 11 is 0. The fourth-order valence-electron chi connectivity index (χ4n) is 0.762. The Morgan fingerprint density at radius 1 is 1.46 bits per heavy atom. The number of hydrogen-bond acceptors (Lipinski definition) is 3. The van der Waals surface area contributed by atoms with Crippen molar-refractivity contribution in [3.8, 4) is 0 Å². The van der Waals surface area contributed by atoms with Gasteiger partial charge in [0.05, 0.1) is 6.54 Å². The second kappa shape index (κ2) is 6.42. The Morgan fingerprint density at radius 3 is 2.54 bits per heavy atom. The summed E-state index contributed by atoms with van der Waals surface area (Å²) in [7, 11) is 0. The first kappa shape index (κ1) is 11.9. The van der Waals surface area contributed by atoms with Gasteiger partial charge in [-0.1, -0.05) is 6.92 Å². The van der Waals surface area contributed by atoms with Gasteiger partial charge in [0.2, 0.25) is 11.8 Å². The van der Waals surface area contributed by atoms with Crippen LogP contribution < -0.4 is 16.4 Å². The van der Waals surface area contributed by atoms with E-state index in [2.05, 4.69) is 10.6 Å². The van der Waals surface area contributed by atoms with E-state index in [1.165, 1.54) is 0 Å². The van der Waals surface area contributed by atoms with Crippen LogP contribution in [0.2, 0.25) is 0 Å². The Labute approximate surface area is 78.1 Å². The molecule has 0 aromatic carbocycles. The highest BCUT2D eigenvalue weighted by Gasteiger charge is 2.08. The maximum absolute atomic E-state index is 10.9. The van der Waals surface area contributed by atoms with Crippen LogP contribution in [0.1, 0.15) is 13.8 Å². The molecule has 5 nitrogen and oxygen atoms in total. The molecule has 0 bridgehead atoms. The van der Waals surface area contributed by atoms with Crippen LogP contribution in [0.25, 0.3) is 0 Å². The number of carbonyl (C=O) groups is 2. The van der Waals surface area contributed by atoms with E-state index in [0.717, 1.165) is 0 Å². The van der Waals surface area contributed by atoms with Gasteiger partial charge in [-0.3, -0.25) is 9.59 Å². The summed E-state index contributed by atoms with van der Waals surface area (Å²) in [5.41, 5.74) is 5.03. The number of carbonyl (C=O) groups excluding carboxylic acids is 2. The zero-order valence-corrected chi connectivity index (χ0v) is 8.09. The molecule has 76 valence electrons. The van der Waals surface area contributed by atoms with Crippen molar-refractivity contribution in [3.05, 3.63) is 0 Å². The number of nitrogens with one attached hydrogen (secondary N) is 2. The maximum Gasteiger partial charge on any atom is 0.233 e. The molecule has 0 heterocycles. The van der Waals surface area contributed by atoms with Gasteiger partial charge in [0, 0.05) is 19.0 Å². The average molecular weight is 187 g/mol. The molecule has 4 N–H and O–H groups in total. The summed E-state index contributed by atoms with van der Waals surface area (Å²) in [6.07, 6.45) is 0. The fraction of sp³-hybridized carbons (Fsp3) is 0.750. The summed E-state index contributed by atoms with van der Waals surface area (Å²) in [5, 5.41) is 5.47. The van der Waals surface area contributed by atoms with Gasteiger partial charge in [0.1, 0.15) is 0 Å². The van der Waals surface area contributed by atoms with Crippen molar-refractivity contribution >= 4 is 11.8 Å². The lowest BCUT2D eigenvalue weighted by Crippen LogP contribution is -2.38. The zero-order chi connectivity index (χ0) is 10.3. The number of nitrogens with two attached hydrogens (primary N) is 1. The molecule has 5 heteroatoms. The minimum absolute atomic E-state index is 0.0702. The number of primary amides is 1. The van der Waals surface area contributed by atoms with Crippen molar-refractivity contribution in [2.75, 3.05) is 19.6 Å². The minimum atomic E-state index is -0.358. The summed E-state index contributed by atoms with van der Waals surface area (Å²) in [4.78, 5) is 21.5. The number of amides is 2. The van der Waals surface area contributed by atoms with E-state index in [0.29, 0.717) is 13.1 Å². The monoisotopic (exact) mass is 187 g/mol. The SMILES string of the molecule is CCNC(=O)CNCC(C)C(N)=O. The molecule has 0 fully saturated rings. The van der Waals surface area contributed by atoms with Crippen molar-refractivity contribution in [1.82, 2.24) is 10.6 Å². The molecule has 0 radical (unpaired) electrons. The van der Waals surface area contributed by atoms with Crippen molar-refractivity contribution in [2.24, 2.45) is 11.7 Å².